The highest BCUT2D eigenvalue weighted by molar-refractivity contribution is 5.97. The number of nitrogens with zero attached hydrogens (tertiary/aromatic N) is 2. The molecular formula is C20H23N3O2. The molecule has 0 aliphatic rings. The fourth-order valence-electron chi connectivity index (χ4n) is 2.90. The second-order valence-corrected chi connectivity index (χ2v) is 6.26. The van der Waals surface area contributed by atoms with E-state index in [0.717, 1.165) is 23.9 Å². The van der Waals surface area contributed by atoms with E-state index < -0.39 is 0 Å². The Labute approximate surface area is 147 Å². The van der Waals surface area contributed by atoms with Crippen LogP contribution >= 0.6 is 0 Å². The summed E-state index contributed by atoms with van der Waals surface area (Å²) in [6, 6.07) is 15.8. The third-order valence-corrected chi connectivity index (χ3v) is 4.31. The van der Waals surface area contributed by atoms with Crippen LogP contribution in [-0.2, 0) is 13.0 Å². The van der Waals surface area contributed by atoms with Crippen LogP contribution < -0.4 is 5.32 Å². The van der Waals surface area contributed by atoms with Crippen molar-refractivity contribution in [3.63, 3.8) is 0 Å². The molecule has 130 valence electrons. The topological polar surface area (TPSA) is 67.2 Å². The Hall–Kier alpha value is -2.66. The van der Waals surface area contributed by atoms with E-state index >= 15 is 0 Å². The Balaban J connectivity index is 1.61. The van der Waals surface area contributed by atoms with E-state index in [4.69, 9.17) is 5.11 Å². The fraction of sp³-hybridized carbons (Fsp3) is 0.300. The number of fused-ring (bicyclic) bond motifs is 1. The number of aliphatic hydroxyl groups is 1. The number of carbonyl (C=O) groups is 1. The Morgan fingerprint density at radius 3 is 2.80 bits per heavy atom. The van der Waals surface area contributed by atoms with Crippen LogP contribution in [0, 0.1) is 0 Å². The molecule has 0 saturated heterocycles. The van der Waals surface area contributed by atoms with Crippen LogP contribution in [0.25, 0.3) is 11.0 Å². The average molecular weight is 337 g/mol. The van der Waals surface area contributed by atoms with Crippen molar-refractivity contribution in [2.45, 2.75) is 32.4 Å². The van der Waals surface area contributed by atoms with Crippen LogP contribution in [0.1, 0.15) is 29.3 Å². The summed E-state index contributed by atoms with van der Waals surface area (Å²) in [7, 11) is 0. The lowest BCUT2D eigenvalue weighted by atomic mass is 10.1. The SMILES string of the molecule is C[C@H](CCc1ccccc1)NC(=O)c1ccc2c(c1)ncn2CCO. The van der Waals surface area contributed by atoms with Gasteiger partial charge in [0.15, 0.2) is 0 Å². The maximum atomic E-state index is 12.5. The lowest BCUT2D eigenvalue weighted by molar-refractivity contribution is 0.0938. The molecule has 0 unspecified atom stereocenters. The largest absolute Gasteiger partial charge is 0.395 e. The van der Waals surface area contributed by atoms with E-state index in [1.54, 1.807) is 18.5 Å². The van der Waals surface area contributed by atoms with Gasteiger partial charge in [-0.2, -0.15) is 0 Å². The lowest BCUT2D eigenvalue weighted by Crippen LogP contribution is -2.32. The summed E-state index contributed by atoms with van der Waals surface area (Å²) in [6.45, 7) is 2.58. The highest BCUT2D eigenvalue weighted by Gasteiger charge is 2.12. The standard InChI is InChI=1S/C20H23N3O2/c1-15(7-8-16-5-3-2-4-6-16)22-20(25)17-9-10-19-18(13-17)21-14-23(19)11-12-24/h2-6,9-10,13-15,24H,7-8,11-12H2,1H3,(H,22,25)/t15-/m1/s1. The predicted octanol–water partition coefficient (Wildman–Crippen LogP) is 2.78. The molecule has 0 bridgehead atoms. The van der Waals surface area contributed by atoms with Crippen molar-refractivity contribution in [2.75, 3.05) is 6.61 Å². The summed E-state index contributed by atoms with van der Waals surface area (Å²) in [5, 5.41) is 12.1. The molecule has 0 aliphatic heterocycles. The zero-order valence-corrected chi connectivity index (χ0v) is 14.4. The van der Waals surface area contributed by atoms with Crippen LogP contribution in [0.5, 0.6) is 0 Å². The number of benzene rings is 2. The Bertz CT molecular complexity index is 843. The maximum Gasteiger partial charge on any atom is 0.251 e. The molecule has 5 nitrogen and oxygen atoms in total. The van der Waals surface area contributed by atoms with Crippen molar-refractivity contribution >= 4 is 16.9 Å². The quantitative estimate of drug-likeness (QED) is 0.697. The number of rotatable bonds is 7. The first-order chi connectivity index (χ1) is 12.2. The van der Waals surface area contributed by atoms with Gasteiger partial charge in [0.05, 0.1) is 24.0 Å². The molecule has 2 N–H and O–H groups in total. The van der Waals surface area contributed by atoms with Crippen molar-refractivity contribution < 1.29 is 9.90 Å². The van der Waals surface area contributed by atoms with Crippen LogP contribution in [0.3, 0.4) is 0 Å². The van der Waals surface area contributed by atoms with Crippen LogP contribution in [0.4, 0.5) is 0 Å². The molecule has 3 aromatic rings. The zero-order chi connectivity index (χ0) is 17.6. The Kier molecular flexibility index (Phi) is 5.46. The van der Waals surface area contributed by atoms with Gasteiger partial charge in [-0.3, -0.25) is 4.79 Å². The van der Waals surface area contributed by atoms with E-state index in [2.05, 4.69) is 22.4 Å². The van der Waals surface area contributed by atoms with E-state index in [-0.39, 0.29) is 18.6 Å². The lowest BCUT2D eigenvalue weighted by Gasteiger charge is -2.14. The normalized spacial score (nSPS) is 12.2. The van der Waals surface area contributed by atoms with Crippen LogP contribution in [0.15, 0.2) is 54.9 Å². The minimum Gasteiger partial charge on any atom is -0.395 e. The van der Waals surface area contributed by atoms with E-state index in [1.165, 1.54) is 5.56 Å². The van der Waals surface area contributed by atoms with Gasteiger partial charge >= 0.3 is 0 Å². The molecule has 0 spiro atoms. The van der Waals surface area contributed by atoms with Crippen LogP contribution in [0.2, 0.25) is 0 Å². The molecule has 1 amide bonds. The van der Waals surface area contributed by atoms with Crippen molar-refractivity contribution in [2.24, 2.45) is 0 Å². The molecule has 0 saturated carbocycles. The van der Waals surface area contributed by atoms with Gasteiger partial charge in [-0.25, -0.2) is 4.98 Å². The molecule has 1 aromatic heterocycles. The highest BCUT2D eigenvalue weighted by Crippen LogP contribution is 2.15. The van der Waals surface area contributed by atoms with Gasteiger partial charge in [0.1, 0.15) is 0 Å². The Morgan fingerprint density at radius 1 is 1.24 bits per heavy atom. The summed E-state index contributed by atoms with van der Waals surface area (Å²) in [5.41, 5.74) is 3.56. The van der Waals surface area contributed by atoms with Crippen molar-refractivity contribution in [3.8, 4) is 0 Å². The second-order valence-electron chi connectivity index (χ2n) is 6.26. The summed E-state index contributed by atoms with van der Waals surface area (Å²) >= 11 is 0. The van der Waals surface area contributed by atoms with E-state index in [9.17, 15) is 4.79 Å². The molecule has 25 heavy (non-hydrogen) atoms. The van der Waals surface area contributed by atoms with E-state index in [0.29, 0.717) is 12.1 Å². The van der Waals surface area contributed by atoms with Crippen molar-refractivity contribution in [3.05, 3.63) is 66.0 Å². The van der Waals surface area contributed by atoms with Gasteiger partial charge in [-0.1, -0.05) is 30.3 Å². The molecule has 5 heteroatoms. The second kappa shape index (κ2) is 7.94. The Morgan fingerprint density at radius 2 is 2.04 bits per heavy atom. The minimum atomic E-state index is -0.0841. The highest BCUT2D eigenvalue weighted by atomic mass is 16.3. The maximum absolute atomic E-state index is 12.5. The zero-order valence-electron chi connectivity index (χ0n) is 14.4. The summed E-state index contributed by atoms with van der Waals surface area (Å²) < 4.78 is 1.87. The van der Waals surface area contributed by atoms with Gasteiger partial charge < -0.3 is 15.0 Å². The number of carbonyl (C=O) groups excluding carboxylic acids is 1. The summed E-state index contributed by atoms with van der Waals surface area (Å²) in [5.74, 6) is -0.0841. The first-order valence-corrected chi connectivity index (χ1v) is 8.58. The number of hydrogen-bond acceptors (Lipinski definition) is 3. The molecule has 0 radical (unpaired) electrons. The number of amides is 1. The van der Waals surface area contributed by atoms with Gasteiger partial charge in [0.2, 0.25) is 0 Å². The fourth-order valence-corrected chi connectivity index (χ4v) is 2.90. The smallest absolute Gasteiger partial charge is 0.251 e. The molecule has 1 heterocycles. The molecule has 2 aromatic carbocycles. The van der Waals surface area contributed by atoms with Crippen LogP contribution in [-0.4, -0.2) is 33.2 Å². The third kappa shape index (κ3) is 4.25. The average Bonchev–Trinajstić information content (AvgIpc) is 3.03. The molecule has 0 aliphatic carbocycles. The minimum absolute atomic E-state index is 0.0621. The predicted molar refractivity (Wildman–Crippen MR) is 98.5 cm³/mol. The number of hydrogen-bond donors (Lipinski definition) is 2. The number of aromatic nitrogens is 2. The molecular weight excluding hydrogens is 314 g/mol. The van der Waals surface area contributed by atoms with Gasteiger partial charge in [0.25, 0.3) is 5.91 Å². The summed E-state index contributed by atoms with van der Waals surface area (Å²) in [4.78, 5) is 16.8. The first kappa shape index (κ1) is 17.2. The van der Waals surface area contributed by atoms with E-state index in [1.807, 2.05) is 35.8 Å². The van der Waals surface area contributed by atoms with Crippen molar-refractivity contribution in [1.29, 1.82) is 0 Å². The van der Waals surface area contributed by atoms with Crippen molar-refractivity contribution in [1.82, 2.24) is 14.9 Å². The first-order valence-electron chi connectivity index (χ1n) is 8.58. The molecule has 0 fully saturated rings. The number of imidazole rings is 1. The number of aryl methyl sites for hydroxylation is 1. The van der Waals surface area contributed by atoms with Gasteiger partial charge in [-0.05, 0) is 43.5 Å². The number of nitrogens with one attached hydrogen (secondary N) is 1. The molecule has 1 atom stereocenters. The molecule has 3 rings (SSSR count). The third-order valence-electron chi connectivity index (χ3n) is 4.31. The monoisotopic (exact) mass is 337 g/mol. The van der Waals surface area contributed by atoms with Gasteiger partial charge in [-0.15, -0.1) is 0 Å². The van der Waals surface area contributed by atoms with Gasteiger partial charge in [0, 0.05) is 18.2 Å². The summed E-state index contributed by atoms with van der Waals surface area (Å²) in [6.07, 6.45) is 3.51. The number of aliphatic hydroxyl groups excluding tert-OH is 1.